The Kier molecular flexibility index (Phi) is 4.61. The van der Waals surface area contributed by atoms with Crippen LogP contribution < -0.4 is 5.32 Å². The fourth-order valence-electron chi connectivity index (χ4n) is 3.87. The van der Waals surface area contributed by atoms with Gasteiger partial charge in [-0.3, -0.25) is 4.57 Å². The Hall–Kier alpha value is -2.87. The van der Waals surface area contributed by atoms with E-state index in [-0.39, 0.29) is 5.69 Å². The van der Waals surface area contributed by atoms with Crippen molar-refractivity contribution in [2.75, 3.05) is 11.9 Å². The lowest BCUT2D eigenvalue weighted by atomic mass is 10.0. The van der Waals surface area contributed by atoms with E-state index in [0.717, 1.165) is 17.7 Å². The first-order valence-electron chi connectivity index (χ1n) is 9.09. The van der Waals surface area contributed by atoms with E-state index in [0.29, 0.717) is 35.2 Å². The lowest BCUT2D eigenvalue weighted by molar-refractivity contribution is -0.137. The number of carbonyl (C=O) groups is 1. The van der Waals surface area contributed by atoms with Crippen LogP contribution in [0.15, 0.2) is 36.4 Å². The molecular formula is C21H18F4N2O2. The standard InChI is InChI=1S/C21H18F4N2O2/c1-11-7-13(21(23,24)25)9-15(8-11)26-20(28)27-18-4-3-14(22)10-17(18)16-5-6-29-12(2)19(16)27/h3-4,7-10,12H,5-6H2,1-2H3,(H,26,28)/t12-/m0/s1. The molecule has 2 heterocycles. The van der Waals surface area contributed by atoms with Crippen LogP contribution in [0.25, 0.3) is 10.9 Å². The molecule has 1 N–H and O–H groups in total. The highest BCUT2D eigenvalue weighted by Crippen LogP contribution is 2.36. The molecule has 1 aliphatic rings. The smallest absolute Gasteiger partial charge is 0.372 e. The van der Waals surface area contributed by atoms with Crippen LogP contribution in [-0.2, 0) is 17.3 Å². The molecule has 4 nitrogen and oxygen atoms in total. The van der Waals surface area contributed by atoms with Crippen LogP contribution in [0.1, 0.15) is 35.4 Å². The Balaban J connectivity index is 1.81. The Labute approximate surface area is 164 Å². The molecule has 4 rings (SSSR count). The maximum absolute atomic E-state index is 13.8. The van der Waals surface area contributed by atoms with Gasteiger partial charge < -0.3 is 10.1 Å². The molecular weight excluding hydrogens is 388 g/mol. The molecule has 1 atom stereocenters. The molecule has 3 aromatic rings. The number of aryl methyl sites for hydroxylation is 1. The van der Waals surface area contributed by atoms with Gasteiger partial charge in [-0.15, -0.1) is 0 Å². The highest BCUT2D eigenvalue weighted by atomic mass is 19.4. The van der Waals surface area contributed by atoms with Crippen molar-refractivity contribution in [3.63, 3.8) is 0 Å². The normalized spacial score (nSPS) is 16.7. The van der Waals surface area contributed by atoms with Crippen molar-refractivity contribution in [2.24, 2.45) is 0 Å². The fourth-order valence-corrected chi connectivity index (χ4v) is 3.87. The van der Waals surface area contributed by atoms with Crippen molar-refractivity contribution in [3.8, 4) is 0 Å². The Bertz CT molecular complexity index is 1120. The SMILES string of the molecule is Cc1cc(NC(=O)n2c3c(c4cc(F)ccc42)CCO[C@H]3C)cc(C(F)(F)F)c1. The second-order valence-electron chi connectivity index (χ2n) is 7.14. The molecule has 152 valence electrons. The maximum atomic E-state index is 13.8. The monoisotopic (exact) mass is 406 g/mol. The molecule has 8 heteroatoms. The molecule has 0 bridgehead atoms. The number of aromatic nitrogens is 1. The van der Waals surface area contributed by atoms with Crippen LogP contribution in [0.2, 0.25) is 0 Å². The molecule has 0 saturated heterocycles. The average Bonchev–Trinajstić information content (AvgIpc) is 2.95. The van der Waals surface area contributed by atoms with Gasteiger partial charge in [-0.05, 0) is 67.8 Å². The summed E-state index contributed by atoms with van der Waals surface area (Å²) in [6.45, 7) is 3.75. The van der Waals surface area contributed by atoms with E-state index in [9.17, 15) is 22.4 Å². The molecule has 0 fully saturated rings. The number of hydrogen-bond acceptors (Lipinski definition) is 2. The summed E-state index contributed by atoms with van der Waals surface area (Å²) in [6.07, 6.45) is -4.42. The van der Waals surface area contributed by atoms with Gasteiger partial charge in [0.1, 0.15) is 5.82 Å². The van der Waals surface area contributed by atoms with Crippen molar-refractivity contribution in [1.29, 1.82) is 0 Å². The summed E-state index contributed by atoms with van der Waals surface area (Å²) in [6, 6.07) is 6.85. The quantitative estimate of drug-likeness (QED) is 0.518. The van der Waals surface area contributed by atoms with Crippen LogP contribution in [0.5, 0.6) is 0 Å². The van der Waals surface area contributed by atoms with E-state index in [4.69, 9.17) is 4.74 Å². The lowest BCUT2D eigenvalue weighted by Gasteiger charge is -2.22. The number of benzene rings is 2. The average molecular weight is 406 g/mol. The number of rotatable bonds is 1. The van der Waals surface area contributed by atoms with Gasteiger partial charge in [0.15, 0.2) is 0 Å². The molecule has 0 unspecified atom stereocenters. The van der Waals surface area contributed by atoms with Crippen molar-refractivity contribution >= 4 is 22.6 Å². The third kappa shape index (κ3) is 3.48. The number of nitrogens with zero attached hydrogens (tertiary/aromatic N) is 1. The van der Waals surface area contributed by atoms with Gasteiger partial charge in [0.2, 0.25) is 0 Å². The molecule has 1 amide bonds. The summed E-state index contributed by atoms with van der Waals surface area (Å²) in [7, 11) is 0. The maximum Gasteiger partial charge on any atom is 0.416 e. The molecule has 2 aromatic carbocycles. The van der Waals surface area contributed by atoms with Crippen molar-refractivity contribution in [3.05, 3.63) is 64.6 Å². The number of hydrogen-bond donors (Lipinski definition) is 1. The van der Waals surface area contributed by atoms with Gasteiger partial charge in [-0.2, -0.15) is 13.2 Å². The zero-order valence-electron chi connectivity index (χ0n) is 15.7. The third-order valence-electron chi connectivity index (χ3n) is 5.04. The molecule has 0 radical (unpaired) electrons. The third-order valence-corrected chi connectivity index (χ3v) is 5.04. The number of nitrogens with one attached hydrogen (secondary N) is 1. The highest BCUT2D eigenvalue weighted by molar-refractivity contribution is 6.01. The van der Waals surface area contributed by atoms with E-state index in [1.807, 2.05) is 0 Å². The summed E-state index contributed by atoms with van der Waals surface area (Å²) in [5.41, 5.74) is 1.44. The number of carbonyl (C=O) groups excluding carboxylic acids is 1. The molecule has 1 aromatic heterocycles. The predicted molar refractivity (Wildman–Crippen MR) is 101 cm³/mol. The van der Waals surface area contributed by atoms with Gasteiger partial charge in [-0.1, -0.05) is 0 Å². The number of alkyl halides is 3. The van der Waals surface area contributed by atoms with E-state index in [1.54, 1.807) is 6.92 Å². The number of anilines is 1. The predicted octanol–water partition coefficient (Wildman–Crippen LogP) is 5.82. The Morgan fingerprint density at radius 1 is 1.21 bits per heavy atom. The first kappa shape index (κ1) is 19.4. The molecule has 29 heavy (non-hydrogen) atoms. The second kappa shape index (κ2) is 6.88. The summed E-state index contributed by atoms with van der Waals surface area (Å²) in [5.74, 6) is -0.425. The topological polar surface area (TPSA) is 43.3 Å². The Morgan fingerprint density at radius 3 is 2.69 bits per heavy atom. The molecule has 0 aliphatic carbocycles. The molecule has 1 aliphatic heterocycles. The second-order valence-corrected chi connectivity index (χ2v) is 7.14. The molecule has 0 saturated carbocycles. The van der Waals surface area contributed by atoms with Crippen LogP contribution in [-0.4, -0.2) is 17.2 Å². The number of amides is 1. The fraction of sp³-hybridized carbons (Fsp3) is 0.286. The van der Waals surface area contributed by atoms with Crippen molar-refractivity contribution < 1.29 is 27.1 Å². The van der Waals surface area contributed by atoms with Crippen molar-refractivity contribution in [2.45, 2.75) is 32.5 Å². The minimum absolute atomic E-state index is 0.0319. The zero-order chi connectivity index (χ0) is 20.9. The summed E-state index contributed by atoms with van der Waals surface area (Å²) in [5, 5.41) is 3.15. The van der Waals surface area contributed by atoms with Crippen LogP contribution in [0.3, 0.4) is 0 Å². The first-order chi connectivity index (χ1) is 13.6. The van der Waals surface area contributed by atoms with Crippen LogP contribution in [0, 0.1) is 12.7 Å². The van der Waals surface area contributed by atoms with E-state index >= 15 is 0 Å². The van der Waals surface area contributed by atoms with Gasteiger partial charge >= 0.3 is 12.2 Å². The van der Waals surface area contributed by atoms with Crippen LogP contribution >= 0.6 is 0 Å². The summed E-state index contributed by atoms with van der Waals surface area (Å²) in [4.78, 5) is 13.1. The van der Waals surface area contributed by atoms with E-state index < -0.39 is 29.7 Å². The minimum Gasteiger partial charge on any atom is -0.372 e. The number of halogens is 4. The van der Waals surface area contributed by atoms with Crippen LogP contribution in [0.4, 0.5) is 28.0 Å². The van der Waals surface area contributed by atoms with E-state index in [2.05, 4.69) is 5.32 Å². The number of fused-ring (bicyclic) bond motifs is 3. The van der Waals surface area contributed by atoms with Crippen molar-refractivity contribution in [1.82, 2.24) is 4.57 Å². The molecule has 0 spiro atoms. The number of ether oxygens (including phenoxy) is 1. The first-order valence-corrected chi connectivity index (χ1v) is 9.09. The highest BCUT2D eigenvalue weighted by Gasteiger charge is 2.32. The Morgan fingerprint density at radius 2 is 1.97 bits per heavy atom. The zero-order valence-corrected chi connectivity index (χ0v) is 15.7. The van der Waals surface area contributed by atoms with Gasteiger partial charge in [0, 0.05) is 11.1 Å². The van der Waals surface area contributed by atoms with Gasteiger partial charge in [0.05, 0.1) is 29.5 Å². The minimum atomic E-state index is -4.52. The van der Waals surface area contributed by atoms with E-state index in [1.165, 1.54) is 35.8 Å². The van der Waals surface area contributed by atoms with Gasteiger partial charge in [-0.25, -0.2) is 9.18 Å². The lowest BCUT2D eigenvalue weighted by Crippen LogP contribution is -2.25. The summed E-state index contributed by atoms with van der Waals surface area (Å²) >= 11 is 0. The largest absolute Gasteiger partial charge is 0.416 e. The van der Waals surface area contributed by atoms with Gasteiger partial charge in [0.25, 0.3) is 0 Å². The summed E-state index contributed by atoms with van der Waals surface area (Å²) < 4.78 is 60.2.